The van der Waals surface area contributed by atoms with Crippen molar-refractivity contribution in [2.45, 2.75) is 31.7 Å². The standard InChI is InChI=1S/C30H32F2N6O4/c1-36-15-10-20(11-16-36)37(2)29(41)35-26-18-23(9-14-34-26)42-25-8-7-22(17-24(25)32)38(21-5-3-19(31)4-6-21)28(40)30(12-13-30)27(33)39/h3-9,14,17-18,20H,10-13,15-16H2,1-2H3,(H2,33,39)(H,34,35,41). The normalized spacial score (nSPS) is 16.4. The summed E-state index contributed by atoms with van der Waals surface area (Å²) in [4.78, 5) is 47.6. The van der Waals surface area contributed by atoms with Gasteiger partial charge in [0.05, 0.1) is 5.69 Å². The highest BCUT2D eigenvalue weighted by Crippen LogP contribution is 2.49. The molecule has 220 valence electrons. The van der Waals surface area contributed by atoms with E-state index >= 15 is 4.39 Å². The van der Waals surface area contributed by atoms with Gasteiger partial charge in [0.25, 0.3) is 0 Å². The Morgan fingerprint density at radius 2 is 1.69 bits per heavy atom. The summed E-state index contributed by atoms with van der Waals surface area (Å²) >= 11 is 0. The third-order valence-electron chi connectivity index (χ3n) is 7.84. The molecule has 2 heterocycles. The number of halogens is 2. The SMILES string of the molecule is CN1CCC(N(C)C(=O)Nc2cc(Oc3ccc(N(C(=O)C4(C(N)=O)CC4)c4ccc(F)cc4)cc3F)ccn2)CC1. The molecule has 2 aliphatic rings. The van der Waals surface area contributed by atoms with Crippen molar-refractivity contribution in [3.63, 3.8) is 0 Å². The van der Waals surface area contributed by atoms with Gasteiger partial charge in [-0.15, -0.1) is 0 Å². The Balaban J connectivity index is 1.33. The van der Waals surface area contributed by atoms with Crippen molar-refractivity contribution in [2.75, 3.05) is 37.4 Å². The van der Waals surface area contributed by atoms with Crippen molar-refractivity contribution in [3.05, 3.63) is 72.4 Å². The maximum absolute atomic E-state index is 15.3. The molecule has 2 fully saturated rings. The number of piperidine rings is 1. The summed E-state index contributed by atoms with van der Waals surface area (Å²) in [7, 11) is 3.80. The average Bonchev–Trinajstić information content (AvgIpc) is 3.78. The van der Waals surface area contributed by atoms with Gasteiger partial charge < -0.3 is 20.3 Å². The van der Waals surface area contributed by atoms with Gasteiger partial charge in [-0.2, -0.15) is 0 Å². The summed E-state index contributed by atoms with van der Waals surface area (Å²) in [5.74, 6) is -2.37. The summed E-state index contributed by atoms with van der Waals surface area (Å²) in [5, 5.41) is 2.76. The molecule has 4 amide bonds. The third kappa shape index (κ3) is 6.03. The molecule has 5 rings (SSSR count). The maximum Gasteiger partial charge on any atom is 0.323 e. The number of nitrogens with zero attached hydrogens (tertiary/aromatic N) is 4. The Kier molecular flexibility index (Phi) is 8.08. The molecule has 0 atom stereocenters. The number of benzene rings is 2. The molecular formula is C30H32F2N6O4. The molecule has 0 bridgehead atoms. The van der Waals surface area contributed by atoms with Gasteiger partial charge >= 0.3 is 6.03 Å². The number of ether oxygens (including phenoxy) is 1. The lowest BCUT2D eigenvalue weighted by Gasteiger charge is -2.34. The Morgan fingerprint density at radius 1 is 1.02 bits per heavy atom. The van der Waals surface area contributed by atoms with Crippen molar-refractivity contribution >= 4 is 35.0 Å². The molecule has 10 nitrogen and oxygen atoms in total. The first-order chi connectivity index (χ1) is 20.1. The second-order valence-electron chi connectivity index (χ2n) is 10.7. The van der Waals surface area contributed by atoms with Crippen molar-refractivity contribution < 1.29 is 27.9 Å². The molecule has 0 unspecified atom stereocenters. The molecule has 3 aromatic rings. The second kappa shape index (κ2) is 11.7. The molecule has 1 saturated carbocycles. The number of pyridine rings is 1. The van der Waals surface area contributed by atoms with Gasteiger partial charge in [-0.05, 0) is 88.3 Å². The molecule has 1 aromatic heterocycles. The number of aromatic nitrogens is 1. The van der Waals surface area contributed by atoms with Crippen LogP contribution in [0.25, 0.3) is 0 Å². The number of carbonyl (C=O) groups is 3. The Morgan fingerprint density at radius 3 is 2.31 bits per heavy atom. The summed E-state index contributed by atoms with van der Waals surface area (Å²) in [6.07, 6.45) is 3.73. The predicted octanol–water partition coefficient (Wildman–Crippen LogP) is 4.64. The highest BCUT2D eigenvalue weighted by molar-refractivity contribution is 6.16. The predicted molar refractivity (Wildman–Crippen MR) is 152 cm³/mol. The minimum atomic E-state index is -1.39. The monoisotopic (exact) mass is 578 g/mol. The van der Waals surface area contributed by atoms with E-state index in [1.54, 1.807) is 11.9 Å². The molecule has 3 N–H and O–H groups in total. The van der Waals surface area contributed by atoms with E-state index in [2.05, 4.69) is 22.2 Å². The first kappa shape index (κ1) is 28.9. The number of carbonyl (C=O) groups excluding carboxylic acids is 3. The van der Waals surface area contributed by atoms with E-state index in [4.69, 9.17) is 10.5 Å². The Bertz CT molecular complexity index is 1490. The first-order valence-corrected chi connectivity index (χ1v) is 13.6. The van der Waals surface area contributed by atoms with Crippen molar-refractivity contribution in [2.24, 2.45) is 11.1 Å². The highest BCUT2D eigenvalue weighted by Gasteiger charge is 2.57. The highest BCUT2D eigenvalue weighted by atomic mass is 19.1. The summed E-state index contributed by atoms with van der Waals surface area (Å²) in [5.41, 5.74) is 4.49. The molecule has 12 heteroatoms. The van der Waals surface area contributed by atoms with Crippen LogP contribution < -0.4 is 20.7 Å². The van der Waals surface area contributed by atoms with E-state index in [1.165, 1.54) is 54.7 Å². The zero-order valence-electron chi connectivity index (χ0n) is 23.3. The van der Waals surface area contributed by atoms with Crippen molar-refractivity contribution in [1.29, 1.82) is 0 Å². The van der Waals surface area contributed by atoms with Gasteiger partial charge in [0.2, 0.25) is 11.8 Å². The second-order valence-corrected chi connectivity index (χ2v) is 10.7. The summed E-state index contributed by atoms with van der Waals surface area (Å²) < 4.78 is 34.7. The van der Waals surface area contributed by atoms with E-state index in [-0.39, 0.29) is 53.6 Å². The lowest BCUT2D eigenvalue weighted by Crippen LogP contribution is -2.46. The van der Waals surface area contributed by atoms with Crippen LogP contribution in [-0.2, 0) is 9.59 Å². The molecule has 2 aromatic carbocycles. The van der Waals surface area contributed by atoms with E-state index in [9.17, 15) is 18.8 Å². The summed E-state index contributed by atoms with van der Waals surface area (Å²) in [6, 6.07) is 11.8. The maximum atomic E-state index is 15.3. The van der Waals surface area contributed by atoms with Gasteiger partial charge in [0.1, 0.15) is 22.8 Å². The van der Waals surface area contributed by atoms with Gasteiger partial charge in [0, 0.05) is 37.1 Å². The number of amides is 4. The number of likely N-dealkylation sites (tertiary alicyclic amines) is 1. The first-order valence-electron chi connectivity index (χ1n) is 13.6. The fourth-order valence-electron chi connectivity index (χ4n) is 5.01. The van der Waals surface area contributed by atoms with Crippen LogP contribution >= 0.6 is 0 Å². The number of primary amides is 1. The van der Waals surface area contributed by atoms with Crippen LogP contribution in [0.4, 0.5) is 30.8 Å². The van der Waals surface area contributed by atoms with E-state index < -0.39 is 28.9 Å². The smallest absolute Gasteiger partial charge is 0.323 e. The van der Waals surface area contributed by atoms with Crippen LogP contribution in [0.3, 0.4) is 0 Å². The number of urea groups is 1. The lowest BCUT2D eigenvalue weighted by molar-refractivity contribution is -0.133. The number of hydrogen-bond donors (Lipinski definition) is 2. The van der Waals surface area contributed by atoms with E-state index in [0.29, 0.717) is 0 Å². The molecule has 1 aliphatic heterocycles. The zero-order chi connectivity index (χ0) is 30.0. The Labute approximate surface area is 242 Å². The van der Waals surface area contributed by atoms with Gasteiger partial charge in [-0.1, -0.05) is 0 Å². The molecule has 0 spiro atoms. The topological polar surface area (TPSA) is 121 Å². The van der Waals surface area contributed by atoms with Crippen LogP contribution in [0, 0.1) is 17.0 Å². The fourth-order valence-corrected chi connectivity index (χ4v) is 5.01. The van der Waals surface area contributed by atoms with E-state index in [0.717, 1.165) is 36.9 Å². The lowest BCUT2D eigenvalue weighted by atomic mass is 10.0. The number of anilines is 3. The molecule has 1 saturated heterocycles. The van der Waals surface area contributed by atoms with Gasteiger partial charge in [0.15, 0.2) is 11.6 Å². The zero-order valence-corrected chi connectivity index (χ0v) is 23.3. The van der Waals surface area contributed by atoms with Crippen LogP contribution in [-0.4, -0.2) is 65.9 Å². The molecular weight excluding hydrogens is 546 g/mol. The number of hydrogen-bond acceptors (Lipinski definition) is 6. The van der Waals surface area contributed by atoms with Crippen LogP contribution in [0.15, 0.2) is 60.8 Å². The van der Waals surface area contributed by atoms with Crippen molar-refractivity contribution in [1.82, 2.24) is 14.8 Å². The number of rotatable bonds is 8. The average molecular weight is 579 g/mol. The largest absolute Gasteiger partial charge is 0.454 e. The van der Waals surface area contributed by atoms with Crippen LogP contribution in [0.5, 0.6) is 11.5 Å². The minimum Gasteiger partial charge on any atom is -0.454 e. The van der Waals surface area contributed by atoms with E-state index in [1.807, 2.05) is 0 Å². The molecule has 42 heavy (non-hydrogen) atoms. The quantitative estimate of drug-likeness (QED) is 0.376. The van der Waals surface area contributed by atoms with Crippen molar-refractivity contribution in [3.8, 4) is 11.5 Å². The summed E-state index contributed by atoms with van der Waals surface area (Å²) in [6.45, 7) is 1.83. The Hall–Kier alpha value is -4.58. The number of nitrogens with two attached hydrogens (primary N) is 1. The van der Waals surface area contributed by atoms with Gasteiger partial charge in [-0.25, -0.2) is 18.6 Å². The fraction of sp³-hybridized carbons (Fsp3) is 0.333. The molecule has 1 aliphatic carbocycles. The molecule has 0 radical (unpaired) electrons. The van der Waals surface area contributed by atoms with Crippen LogP contribution in [0.1, 0.15) is 25.7 Å². The number of nitrogens with one attached hydrogen (secondary N) is 1. The van der Waals surface area contributed by atoms with Crippen LogP contribution in [0.2, 0.25) is 0 Å². The van der Waals surface area contributed by atoms with Gasteiger partial charge in [-0.3, -0.25) is 19.8 Å². The minimum absolute atomic E-state index is 0.114. The third-order valence-corrected chi connectivity index (χ3v) is 7.84.